The van der Waals surface area contributed by atoms with Gasteiger partial charge in [-0.15, -0.1) is 0 Å². The molecule has 0 saturated heterocycles. The third-order valence-corrected chi connectivity index (χ3v) is 3.98. The second-order valence-electron chi connectivity index (χ2n) is 5.88. The smallest absolute Gasteiger partial charge is 0.335 e. The first-order valence-electron chi connectivity index (χ1n) is 8.34. The Morgan fingerprint density at radius 1 is 1.11 bits per heavy atom. The zero-order valence-electron chi connectivity index (χ0n) is 14.2. The molecule has 8 nitrogen and oxygen atoms in total. The van der Waals surface area contributed by atoms with Crippen molar-refractivity contribution in [2.75, 3.05) is 18.5 Å². The number of hydrogen-bond acceptors (Lipinski definition) is 7. The molecule has 3 aromatic rings. The van der Waals surface area contributed by atoms with Gasteiger partial charge in [-0.05, 0) is 30.3 Å². The van der Waals surface area contributed by atoms with Gasteiger partial charge in [-0.3, -0.25) is 4.98 Å². The highest BCUT2D eigenvalue weighted by molar-refractivity contribution is 5.88. The van der Waals surface area contributed by atoms with Gasteiger partial charge in [0.1, 0.15) is 12.7 Å². The number of carboxylic acids is 1. The predicted molar refractivity (Wildman–Crippen MR) is 97.1 cm³/mol. The van der Waals surface area contributed by atoms with Crippen LogP contribution >= 0.6 is 0 Å². The highest BCUT2D eigenvalue weighted by Crippen LogP contribution is 2.30. The molecule has 136 valence electrons. The van der Waals surface area contributed by atoms with Crippen molar-refractivity contribution in [3.63, 3.8) is 0 Å². The van der Waals surface area contributed by atoms with Crippen molar-refractivity contribution in [2.45, 2.75) is 6.10 Å². The molecule has 0 saturated carbocycles. The summed E-state index contributed by atoms with van der Waals surface area (Å²) >= 11 is 0. The number of carboxylic acid groups (broad SMARTS) is 1. The molecule has 0 spiro atoms. The molecule has 2 aromatic heterocycles. The molecule has 1 unspecified atom stereocenters. The molecule has 1 aromatic carbocycles. The highest BCUT2D eigenvalue weighted by atomic mass is 16.6. The lowest BCUT2D eigenvalue weighted by molar-refractivity contribution is 0.0697. The fourth-order valence-electron chi connectivity index (χ4n) is 2.66. The monoisotopic (exact) mass is 364 g/mol. The number of hydrogen-bond donors (Lipinski definition) is 2. The van der Waals surface area contributed by atoms with Crippen LogP contribution in [0, 0.1) is 0 Å². The topological polar surface area (TPSA) is 106 Å². The number of ether oxygens (including phenoxy) is 2. The zero-order chi connectivity index (χ0) is 18.6. The number of pyridine rings is 1. The van der Waals surface area contributed by atoms with E-state index in [4.69, 9.17) is 14.6 Å². The van der Waals surface area contributed by atoms with Gasteiger partial charge in [0.25, 0.3) is 0 Å². The van der Waals surface area contributed by atoms with Crippen LogP contribution in [0.5, 0.6) is 11.5 Å². The minimum Gasteiger partial charge on any atom is -0.486 e. The number of aromatic carboxylic acids is 1. The summed E-state index contributed by atoms with van der Waals surface area (Å²) in [6.07, 6.45) is 2.85. The average Bonchev–Trinajstić information content (AvgIpc) is 2.72. The van der Waals surface area contributed by atoms with Crippen LogP contribution in [0.1, 0.15) is 10.4 Å². The quantitative estimate of drug-likeness (QED) is 0.711. The first-order valence-corrected chi connectivity index (χ1v) is 8.34. The molecular weight excluding hydrogens is 348 g/mol. The number of aromatic nitrogens is 3. The van der Waals surface area contributed by atoms with Crippen LogP contribution in [0.4, 0.5) is 5.95 Å². The molecule has 27 heavy (non-hydrogen) atoms. The Morgan fingerprint density at radius 2 is 1.93 bits per heavy atom. The van der Waals surface area contributed by atoms with Crippen LogP contribution in [0.15, 0.2) is 54.9 Å². The summed E-state index contributed by atoms with van der Waals surface area (Å²) in [5, 5.41) is 12.2. The van der Waals surface area contributed by atoms with E-state index in [-0.39, 0.29) is 11.7 Å². The molecule has 0 aliphatic carbocycles. The molecule has 0 radical (unpaired) electrons. The molecular formula is C19H16N4O4. The van der Waals surface area contributed by atoms with Gasteiger partial charge in [-0.2, -0.15) is 0 Å². The molecule has 1 atom stereocenters. The summed E-state index contributed by atoms with van der Waals surface area (Å²) in [5.41, 5.74) is 1.15. The van der Waals surface area contributed by atoms with Gasteiger partial charge in [0.15, 0.2) is 11.5 Å². The Labute approximate surface area is 154 Å². The van der Waals surface area contributed by atoms with E-state index in [1.165, 1.54) is 18.3 Å². The fraction of sp³-hybridized carbons (Fsp3) is 0.158. The van der Waals surface area contributed by atoms with Crippen molar-refractivity contribution in [1.82, 2.24) is 15.0 Å². The van der Waals surface area contributed by atoms with E-state index in [1.54, 1.807) is 12.3 Å². The first-order chi connectivity index (χ1) is 13.2. The minimum atomic E-state index is -1.01. The number of fused-ring (bicyclic) bond motifs is 1. The lowest BCUT2D eigenvalue weighted by atomic mass is 10.2. The van der Waals surface area contributed by atoms with Crippen LogP contribution in [0.25, 0.3) is 11.4 Å². The second kappa shape index (κ2) is 7.28. The number of benzene rings is 1. The maximum absolute atomic E-state index is 11.1. The summed E-state index contributed by atoms with van der Waals surface area (Å²) in [7, 11) is 0. The number of rotatable bonds is 5. The van der Waals surface area contributed by atoms with Gasteiger partial charge >= 0.3 is 5.97 Å². The molecule has 0 bridgehead atoms. The van der Waals surface area contributed by atoms with Gasteiger partial charge < -0.3 is 19.9 Å². The SMILES string of the molecule is O=C(O)c1ccnc(-c2ccnc(NCC3COc4ccccc4O3)n2)c1. The van der Waals surface area contributed by atoms with E-state index in [0.29, 0.717) is 36.2 Å². The van der Waals surface area contributed by atoms with E-state index in [9.17, 15) is 4.79 Å². The Hall–Kier alpha value is -3.68. The Bertz CT molecular complexity index is 979. The van der Waals surface area contributed by atoms with Crippen molar-refractivity contribution >= 4 is 11.9 Å². The normalized spacial score (nSPS) is 15.2. The summed E-state index contributed by atoms with van der Waals surface area (Å²) in [4.78, 5) is 23.9. The Balaban J connectivity index is 1.44. The van der Waals surface area contributed by atoms with Crippen molar-refractivity contribution < 1.29 is 19.4 Å². The second-order valence-corrected chi connectivity index (χ2v) is 5.88. The van der Waals surface area contributed by atoms with E-state index < -0.39 is 5.97 Å². The summed E-state index contributed by atoms with van der Waals surface area (Å²) in [6, 6.07) is 12.1. The predicted octanol–water partition coefficient (Wildman–Crippen LogP) is 2.49. The first kappa shape index (κ1) is 16.8. The summed E-state index contributed by atoms with van der Waals surface area (Å²) in [5.74, 6) is 0.828. The van der Waals surface area contributed by atoms with Gasteiger partial charge in [0, 0.05) is 12.4 Å². The molecule has 3 heterocycles. The van der Waals surface area contributed by atoms with E-state index in [2.05, 4.69) is 20.3 Å². The van der Waals surface area contributed by atoms with E-state index >= 15 is 0 Å². The molecule has 0 amide bonds. The number of nitrogens with zero attached hydrogens (tertiary/aromatic N) is 3. The average molecular weight is 364 g/mol. The number of para-hydroxylation sites is 2. The third-order valence-electron chi connectivity index (χ3n) is 3.98. The largest absolute Gasteiger partial charge is 0.486 e. The van der Waals surface area contributed by atoms with Crippen LogP contribution in [-0.4, -0.2) is 45.3 Å². The fourth-order valence-corrected chi connectivity index (χ4v) is 2.66. The van der Waals surface area contributed by atoms with Crippen molar-refractivity contribution in [3.05, 3.63) is 60.4 Å². The van der Waals surface area contributed by atoms with Crippen LogP contribution in [0.3, 0.4) is 0 Å². The van der Waals surface area contributed by atoms with Crippen molar-refractivity contribution in [2.24, 2.45) is 0 Å². The number of anilines is 1. The Morgan fingerprint density at radius 3 is 2.78 bits per heavy atom. The minimum absolute atomic E-state index is 0.152. The van der Waals surface area contributed by atoms with Crippen molar-refractivity contribution in [1.29, 1.82) is 0 Å². The van der Waals surface area contributed by atoms with Gasteiger partial charge in [0.2, 0.25) is 5.95 Å². The standard InChI is InChI=1S/C19H16N4O4/c24-18(25)12-5-7-20-15(9-12)14-6-8-21-19(23-14)22-10-13-11-26-16-3-1-2-4-17(16)27-13/h1-9,13H,10-11H2,(H,24,25)(H,21,22,23). The van der Waals surface area contributed by atoms with E-state index in [1.807, 2.05) is 24.3 Å². The van der Waals surface area contributed by atoms with Crippen LogP contribution in [-0.2, 0) is 0 Å². The molecule has 1 aliphatic rings. The van der Waals surface area contributed by atoms with Gasteiger partial charge in [-0.1, -0.05) is 12.1 Å². The summed E-state index contributed by atoms with van der Waals surface area (Å²) in [6.45, 7) is 0.881. The van der Waals surface area contributed by atoms with E-state index in [0.717, 1.165) is 5.75 Å². The highest BCUT2D eigenvalue weighted by Gasteiger charge is 2.20. The number of carbonyl (C=O) groups is 1. The molecule has 0 fully saturated rings. The maximum Gasteiger partial charge on any atom is 0.335 e. The maximum atomic E-state index is 11.1. The summed E-state index contributed by atoms with van der Waals surface area (Å²) < 4.78 is 11.6. The molecule has 2 N–H and O–H groups in total. The molecule has 4 rings (SSSR count). The van der Waals surface area contributed by atoms with Crippen LogP contribution in [0.2, 0.25) is 0 Å². The van der Waals surface area contributed by atoms with Crippen molar-refractivity contribution in [3.8, 4) is 22.9 Å². The lowest BCUT2D eigenvalue weighted by Gasteiger charge is -2.26. The molecule has 1 aliphatic heterocycles. The van der Waals surface area contributed by atoms with Gasteiger partial charge in [-0.25, -0.2) is 14.8 Å². The molecule has 8 heteroatoms. The lowest BCUT2D eigenvalue weighted by Crippen LogP contribution is -2.35. The Kier molecular flexibility index (Phi) is 4.52. The number of nitrogens with one attached hydrogen (secondary N) is 1. The van der Waals surface area contributed by atoms with Gasteiger partial charge in [0.05, 0.1) is 23.5 Å². The zero-order valence-corrected chi connectivity index (χ0v) is 14.2. The third kappa shape index (κ3) is 3.79. The van der Waals surface area contributed by atoms with Crippen LogP contribution < -0.4 is 14.8 Å².